The summed E-state index contributed by atoms with van der Waals surface area (Å²) in [6, 6.07) is 1.64. The number of halogens is 2. The monoisotopic (exact) mass is 347 g/mol. The number of thiazole rings is 1. The minimum absolute atomic E-state index is 0.0445. The summed E-state index contributed by atoms with van der Waals surface area (Å²) >= 11 is 14.8. The van der Waals surface area contributed by atoms with Crippen LogP contribution in [0.3, 0.4) is 0 Å². The maximum absolute atomic E-state index is 12.4. The summed E-state index contributed by atoms with van der Waals surface area (Å²) in [6.07, 6.45) is 1.80. The molecule has 0 N–H and O–H groups in total. The lowest BCUT2D eigenvalue weighted by atomic mass is 10.2. The molecule has 0 unspecified atom stereocenters. The number of nitrogens with zero attached hydrogens (tertiary/aromatic N) is 3. The third-order valence-electron chi connectivity index (χ3n) is 3.14. The largest absolute Gasteiger partial charge is 0.345 e. The van der Waals surface area contributed by atoms with Gasteiger partial charge < -0.3 is 9.80 Å². The number of amides is 1. The number of rotatable bonds is 2. The van der Waals surface area contributed by atoms with Crippen LogP contribution in [0, 0.1) is 0 Å². The van der Waals surface area contributed by atoms with Gasteiger partial charge in [-0.15, -0.1) is 22.7 Å². The zero-order chi connectivity index (χ0) is 14.1. The van der Waals surface area contributed by atoms with Crippen molar-refractivity contribution >= 4 is 56.9 Å². The Morgan fingerprint density at radius 3 is 2.55 bits per heavy atom. The Morgan fingerprint density at radius 1 is 1.25 bits per heavy atom. The van der Waals surface area contributed by atoms with Gasteiger partial charge in [-0.25, -0.2) is 4.98 Å². The van der Waals surface area contributed by atoms with Crippen LogP contribution in [-0.4, -0.2) is 42.0 Å². The van der Waals surface area contributed by atoms with Crippen molar-refractivity contribution in [3.8, 4) is 0 Å². The Morgan fingerprint density at radius 2 is 2.00 bits per heavy atom. The lowest BCUT2D eigenvalue weighted by Gasteiger charge is -2.34. The number of aromatic nitrogens is 1. The maximum Gasteiger partial charge on any atom is 0.256 e. The van der Waals surface area contributed by atoms with Gasteiger partial charge in [-0.05, 0) is 6.07 Å². The van der Waals surface area contributed by atoms with Crippen LogP contribution < -0.4 is 4.90 Å². The van der Waals surface area contributed by atoms with Crippen molar-refractivity contribution in [2.75, 3.05) is 31.1 Å². The predicted molar refractivity (Wildman–Crippen MR) is 84.6 cm³/mol. The first kappa shape index (κ1) is 14.1. The van der Waals surface area contributed by atoms with Crippen LogP contribution >= 0.6 is 45.9 Å². The second-order valence-electron chi connectivity index (χ2n) is 4.33. The molecule has 4 nitrogen and oxygen atoms in total. The summed E-state index contributed by atoms with van der Waals surface area (Å²) < 4.78 is 1.00. The van der Waals surface area contributed by atoms with Crippen molar-refractivity contribution in [2.24, 2.45) is 0 Å². The van der Waals surface area contributed by atoms with Crippen molar-refractivity contribution in [3.63, 3.8) is 0 Å². The van der Waals surface area contributed by atoms with Crippen LogP contribution in [0.2, 0.25) is 8.67 Å². The Hall–Kier alpha value is -0.820. The first-order valence-electron chi connectivity index (χ1n) is 6.03. The molecule has 3 heterocycles. The number of hydrogen-bond donors (Lipinski definition) is 0. The highest BCUT2D eigenvalue weighted by molar-refractivity contribution is 7.20. The van der Waals surface area contributed by atoms with Gasteiger partial charge in [-0.3, -0.25) is 4.79 Å². The summed E-state index contributed by atoms with van der Waals surface area (Å²) in [7, 11) is 0. The van der Waals surface area contributed by atoms with Gasteiger partial charge >= 0.3 is 0 Å². The van der Waals surface area contributed by atoms with E-state index in [2.05, 4.69) is 9.88 Å². The smallest absolute Gasteiger partial charge is 0.256 e. The molecule has 20 heavy (non-hydrogen) atoms. The number of carbonyl (C=O) groups excluding carboxylic acids is 1. The van der Waals surface area contributed by atoms with Crippen molar-refractivity contribution < 1.29 is 4.79 Å². The molecule has 2 aromatic rings. The van der Waals surface area contributed by atoms with Crippen molar-refractivity contribution in [3.05, 3.63) is 31.9 Å². The van der Waals surface area contributed by atoms with Gasteiger partial charge in [0.15, 0.2) is 5.13 Å². The average molecular weight is 348 g/mol. The normalized spacial score (nSPS) is 15.7. The fraction of sp³-hybridized carbons (Fsp3) is 0.333. The van der Waals surface area contributed by atoms with E-state index in [1.165, 1.54) is 11.3 Å². The highest BCUT2D eigenvalue weighted by Crippen LogP contribution is 2.32. The van der Waals surface area contributed by atoms with Crippen molar-refractivity contribution in [1.82, 2.24) is 9.88 Å². The number of hydrogen-bond acceptors (Lipinski definition) is 5. The lowest BCUT2D eigenvalue weighted by molar-refractivity contribution is 0.0747. The van der Waals surface area contributed by atoms with E-state index >= 15 is 0 Å². The molecule has 0 atom stereocenters. The summed E-state index contributed by atoms with van der Waals surface area (Å²) in [4.78, 5) is 20.7. The van der Waals surface area contributed by atoms with Crippen LogP contribution in [0.4, 0.5) is 5.13 Å². The zero-order valence-electron chi connectivity index (χ0n) is 10.4. The summed E-state index contributed by atoms with van der Waals surface area (Å²) in [5.41, 5.74) is 0.504. The Labute approximate surface area is 134 Å². The SMILES string of the molecule is O=C(c1cc(Cl)sc1Cl)N1CCN(c2nccs2)CC1. The van der Waals surface area contributed by atoms with Gasteiger partial charge in [0.25, 0.3) is 5.91 Å². The molecule has 106 valence electrons. The fourth-order valence-electron chi connectivity index (χ4n) is 2.13. The maximum atomic E-state index is 12.4. The molecule has 0 aromatic carbocycles. The minimum atomic E-state index is -0.0445. The molecule has 0 saturated carbocycles. The molecule has 3 rings (SSSR count). The standard InChI is InChI=1S/C12H11Cl2N3OS2/c13-9-7-8(10(14)20-9)11(18)16-2-4-17(5-3-16)12-15-1-6-19-12/h1,6-7H,2-5H2. The highest BCUT2D eigenvalue weighted by Gasteiger charge is 2.25. The summed E-state index contributed by atoms with van der Waals surface area (Å²) in [6.45, 7) is 2.91. The van der Waals surface area contributed by atoms with Gasteiger partial charge in [-0.1, -0.05) is 23.2 Å². The van der Waals surface area contributed by atoms with Crippen LogP contribution in [0.15, 0.2) is 17.6 Å². The van der Waals surface area contributed by atoms with E-state index in [1.807, 2.05) is 10.3 Å². The first-order chi connectivity index (χ1) is 9.65. The number of piperazine rings is 1. The Kier molecular flexibility index (Phi) is 4.16. The summed E-state index contributed by atoms with van der Waals surface area (Å²) in [5.74, 6) is -0.0445. The fourth-order valence-corrected chi connectivity index (χ4v) is 4.27. The third-order valence-corrected chi connectivity index (χ3v) is 5.46. The topological polar surface area (TPSA) is 36.4 Å². The molecule has 0 aliphatic carbocycles. The van der Waals surface area contributed by atoms with E-state index < -0.39 is 0 Å². The van der Waals surface area contributed by atoms with Gasteiger partial charge in [0.2, 0.25) is 0 Å². The van der Waals surface area contributed by atoms with E-state index in [-0.39, 0.29) is 5.91 Å². The zero-order valence-corrected chi connectivity index (χ0v) is 13.5. The predicted octanol–water partition coefficient (Wildman–Crippen LogP) is 3.47. The van der Waals surface area contributed by atoms with Gasteiger partial charge in [0, 0.05) is 37.8 Å². The van der Waals surface area contributed by atoms with Crippen molar-refractivity contribution in [1.29, 1.82) is 0 Å². The van der Waals surface area contributed by atoms with Crippen LogP contribution in [-0.2, 0) is 0 Å². The molecule has 1 aliphatic heterocycles. The van der Waals surface area contributed by atoms with E-state index in [9.17, 15) is 4.79 Å². The molecule has 0 radical (unpaired) electrons. The van der Waals surface area contributed by atoms with E-state index in [1.54, 1.807) is 23.6 Å². The van der Waals surface area contributed by atoms with E-state index in [4.69, 9.17) is 23.2 Å². The Balaban J connectivity index is 1.66. The van der Waals surface area contributed by atoms with Crippen molar-refractivity contribution in [2.45, 2.75) is 0 Å². The average Bonchev–Trinajstić information content (AvgIpc) is 3.08. The number of thiophene rings is 1. The second kappa shape index (κ2) is 5.89. The first-order valence-corrected chi connectivity index (χ1v) is 8.49. The third kappa shape index (κ3) is 2.79. The van der Waals surface area contributed by atoms with Gasteiger partial charge in [0.05, 0.1) is 9.90 Å². The molecular formula is C12H11Cl2N3OS2. The minimum Gasteiger partial charge on any atom is -0.345 e. The van der Waals surface area contributed by atoms with Crippen LogP contribution in [0.5, 0.6) is 0 Å². The molecule has 2 aromatic heterocycles. The quantitative estimate of drug-likeness (QED) is 0.834. The van der Waals surface area contributed by atoms with Gasteiger partial charge in [0.1, 0.15) is 4.34 Å². The molecular weight excluding hydrogens is 337 g/mol. The van der Waals surface area contributed by atoms with Gasteiger partial charge in [-0.2, -0.15) is 0 Å². The lowest BCUT2D eigenvalue weighted by Crippen LogP contribution is -2.48. The molecule has 0 spiro atoms. The number of anilines is 1. The second-order valence-corrected chi connectivity index (χ2v) is 7.49. The molecule has 0 bridgehead atoms. The van der Waals surface area contributed by atoms with Crippen LogP contribution in [0.25, 0.3) is 0 Å². The summed E-state index contributed by atoms with van der Waals surface area (Å²) in [5, 5.41) is 2.97. The molecule has 1 aliphatic rings. The molecule has 1 saturated heterocycles. The number of carbonyl (C=O) groups is 1. The van der Waals surface area contributed by atoms with E-state index in [0.717, 1.165) is 18.2 Å². The molecule has 1 amide bonds. The molecule has 8 heteroatoms. The molecule has 1 fully saturated rings. The Bertz CT molecular complexity index is 606. The van der Waals surface area contributed by atoms with E-state index in [0.29, 0.717) is 27.3 Å². The highest BCUT2D eigenvalue weighted by atomic mass is 35.5. The van der Waals surface area contributed by atoms with Crippen LogP contribution in [0.1, 0.15) is 10.4 Å².